The van der Waals surface area contributed by atoms with Crippen molar-refractivity contribution >= 4 is 15.7 Å². The van der Waals surface area contributed by atoms with Gasteiger partial charge in [0, 0.05) is 0 Å². The number of hydrogen-bond acceptors (Lipinski definition) is 4. The molecule has 11 heteroatoms. The maximum Gasteiger partial charge on any atom is 0.284 e. The van der Waals surface area contributed by atoms with Gasteiger partial charge < -0.3 is 13.9 Å². The zero-order valence-electron chi connectivity index (χ0n) is 16.1. The summed E-state index contributed by atoms with van der Waals surface area (Å²) in [7, 11) is -1.18. The third-order valence-corrected chi connectivity index (χ3v) is 4.62. The fraction of sp³-hybridized carbons (Fsp3) is 0.588. The molecule has 0 spiro atoms. The molecule has 0 heterocycles. The molecule has 1 aromatic carbocycles. The van der Waals surface area contributed by atoms with Crippen molar-refractivity contribution in [1.29, 1.82) is 0 Å². The minimum absolute atomic E-state index is 0.122. The molecule has 1 rings (SSSR count). The van der Waals surface area contributed by atoms with Crippen molar-refractivity contribution in [3.63, 3.8) is 0 Å². The zero-order chi connectivity index (χ0) is 21.4. The van der Waals surface area contributed by atoms with Crippen LogP contribution in [0.25, 0.3) is 0 Å². The Morgan fingerprint density at radius 1 is 1.04 bits per heavy atom. The fourth-order valence-electron chi connectivity index (χ4n) is 2.05. The highest BCUT2D eigenvalue weighted by atomic mass is 28.2. The van der Waals surface area contributed by atoms with Crippen molar-refractivity contribution in [3.05, 3.63) is 34.9 Å². The Kier molecular flexibility index (Phi) is 10.0. The van der Waals surface area contributed by atoms with E-state index in [0.29, 0.717) is 6.04 Å². The maximum atomic E-state index is 13.9. The molecule has 1 amide bonds. The first-order chi connectivity index (χ1) is 13.0. The average molecular weight is 429 g/mol. The highest BCUT2D eigenvalue weighted by Crippen LogP contribution is 2.20. The number of nitrogens with zero attached hydrogens (tertiary/aromatic N) is 1. The van der Waals surface area contributed by atoms with Gasteiger partial charge in [0.25, 0.3) is 12.4 Å². The lowest BCUT2D eigenvalue weighted by atomic mass is 10.1. The Hall–Kier alpha value is -1.56. The summed E-state index contributed by atoms with van der Waals surface area (Å²) < 4.78 is 83.0. The Morgan fingerprint density at radius 2 is 1.61 bits per heavy atom. The highest BCUT2D eigenvalue weighted by molar-refractivity contribution is 6.27. The van der Waals surface area contributed by atoms with E-state index in [9.17, 15) is 26.8 Å². The summed E-state index contributed by atoms with van der Waals surface area (Å²) in [6.45, 7) is 5.97. The molecule has 5 nitrogen and oxygen atoms in total. The molecule has 0 saturated carbocycles. The lowest BCUT2D eigenvalue weighted by Crippen LogP contribution is -2.29. The van der Waals surface area contributed by atoms with Gasteiger partial charge in [-0.2, -0.15) is 5.12 Å². The minimum atomic E-state index is -2.17. The molecule has 0 atom stereocenters. The van der Waals surface area contributed by atoms with Crippen LogP contribution in [0.15, 0.2) is 6.07 Å². The van der Waals surface area contributed by atoms with Crippen molar-refractivity contribution < 1.29 is 40.7 Å². The molecule has 28 heavy (non-hydrogen) atoms. The monoisotopic (exact) mass is 429 g/mol. The van der Waals surface area contributed by atoms with Crippen molar-refractivity contribution in [1.82, 2.24) is 5.12 Å². The number of halogens is 5. The Morgan fingerprint density at radius 3 is 2.14 bits per heavy atom. The molecule has 0 radical (unpaired) electrons. The van der Waals surface area contributed by atoms with E-state index >= 15 is 0 Å². The lowest BCUT2D eigenvalue weighted by Gasteiger charge is -2.23. The van der Waals surface area contributed by atoms with Gasteiger partial charge in [-0.1, -0.05) is 4.48 Å². The number of carbonyl (C=O) groups is 1. The fourth-order valence-corrected chi connectivity index (χ4v) is 2.99. The van der Waals surface area contributed by atoms with Gasteiger partial charge in [-0.3, -0.25) is 4.79 Å². The van der Waals surface area contributed by atoms with E-state index in [1.54, 1.807) is 0 Å². The van der Waals surface area contributed by atoms with E-state index in [2.05, 4.69) is 0 Å². The summed E-state index contributed by atoms with van der Waals surface area (Å²) in [5.41, 5.74) is -1.22. The van der Waals surface area contributed by atoms with E-state index in [4.69, 9.17) is 13.9 Å². The third kappa shape index (κ3) is 7.45. The van der Waals surface area contributed by atoms with E-state index in [0.717, 1.165) is 0 Å². The first-order valence-corrected chi connectivity index (χ1v) is 10.4. The van der Waals surface area contributed by atoms with Gasteiger partial charge in [0.1, 0.15) is 0 Å². The van der Waals surface area contributed by atoms with E-state index in [1.165, 1.54) is 0 Å². The summed E-state index contributed by atoms with van der Waals surface area (Å²) in [5, 5.41) is -0.379. The van der Waals surface area contributed by atoms with Crippen LogP contribution in [0.3, 0.4) is 0 Å². The van der Waals surface area contributed by atoms with E-state index in [1.807, 2.05) is 27.7 Å². The molecule has 160 valence electrons. The van der Waals surface area contributed by atoms with E-state index in [-0.39, 0.29) is 29.8 Å². The predicted octanol–water partition coefficient (Wildman–Crippen LogP) is 3.61. The van der Waals surface area contributed by atoms with E-state index < -0.39 is 57.5 Å². The normalized spacial score (nSPS) is 12.1. The largest absolute Gasteiger partial charge is 0.379 e. The van der Waals surface area contributed by atoms with Gasteiger partial charge in [-0.05, 0) is 46.2 Å². The Bertz CT molecular complexity index is 653. The van der Waals surface area contributed by atoms with Crippen molar-refractivity contribution in [2.45, 2.75) is 58.8 Å². The average Bonchev–Trinajstić information content (AvgIpc) is 2.60. The number of ether oxygens (including phenoxy) is 2. The van der Waals surface area contributed by atoms with Crippen LogP contribution in [0.4, 0.5) is 22.0 Å². The maximum absolute atomic E-state index is 13.9. The van der Waals surface area contributed by atoms with Crippen LogP contribution in [0.5, 0.6) is 0 Å². The molecule has 0 aromatic heterocycles. The second-order valence-electron chi connectivity index (χ2n) is 6.48. The molecule has 0 aliphatic heterocycles. The van der Waals surface area contributed by atoms with Gasteiger partial charge >= 0.3 is 0 Å². The summed E-state index contributed by atoms with van der Waals surface area (Å²) in [6.07, 6.45) is -0.0793. The van der Waals surface area contributed by atoms with Gasteiger partial charge in [0.2, 0.25) is 0 Å². The first kappa shape index (κ1) is 24.5. The quantitative estimate of drug-likeness (QED) is 0.103. The molecular weight excluding hydrogens is 405 g/mol. The minimum Gasteiger partial charge on any atom is -0.379 e. The smallest absolute Gasteiger partial charge is 0.284 e. The third-order valence-electron chi connectivity index (χ3n) is 3.32. The molecule has 0 aliphatic carbocycles. The number of carbonyl (C=O) groups excluding carboxylic acids is 1. The van der Waals surface area contributed by atoms with Crippen molar-refractivity contribution in [3.8, 4) is 0 Å². The topological polar surface area (TPSA) is 48.0 Å². The number of amides is 1. The number of rotatable bonds is 11. The summed E-state index contributed by atoms with van der Waals surface area (Å²) in [5.74, 6) is -9.55. The van der Waals surface area contributed by atoms with Gasteiger partial charge in [-0.25, -0.2) is 17.6 Å². The summed E-state index contributed by atoms with van der Waals surface area (Å²) in [4.78, 5) is 11.8. The van der Waals surface area contributed by atoms with Gasteiger partial charge in [0.15, 0.2) is 33.0 Å². The first-order valence-electron chi connectivity index (χ1n) is 8.77. The van der Waals surface area contributed by atoms with Crippen LogP contribution in [-0.2, 0) is 13.9 Å². The molecule has 0 fully saturated rings. The molecule has 0 N–H and O–H groups in total. The number of benzene rings is 1. The molecule has 1 aromatic rings. The summed E-state index contributed by atoms with van der Waals surface area (Å²) in [6, 6.07) is 0.555. The second-order valence-corrected chi connectivity index (χ2v) is 7.92. The van der Waals surface area contributed by atoms with Crippen LogP contribution in [0.2, 0.25) is 6.04 Å². The highest BCUT2D eigenvalue weighted by Gasteiger charge is 2.26. The van der Waals surface area contributed by atoms with Crippen LogP contribution in [-0.4, -0.2) is 46.0 Å². The Labute approximate surface area is 162 Å². The summed E-state index contributed by atoms with van der Waals surface area (Å²) >= 11 is 0. The predicted molar refractivity (Wildman–Crippen MR) is 93.7 cm³/mol. The standard InChI is InChI=1S/C17H24F5NO4Si/c1-9(2)25-17(26-10(3)4)27-28-7-5-6-23(22)16(24)11-8-12(18)14(20)15(21)13(11)19/h8-10,17H,5-7,28H2,1-4H3. The lowest BCUT2D eigenvalue weighted by molar-refractivity contribution is -0.275. The van der Waals surface area contributed by atoms with Crippen LogP contribution < -0.4 is 0 Å². The van der Waals surface area contributed by atoms with Crippen molar-refractivity contribution in [2.24, 2.45) is 0 Å². The van der Waals surface area contributed by atoms with Crippen LogP contribution in [0.1, 0.15) is 44.5 Å². The Balaban J connectivity index is 2.50. The van der Waals surface area contributed by atoms with Crippen molar-refractivity contribution in [2.75, 3.05) is 6.54 Å². The van der Waals surface area contributed by atoms with Gasteiger partial charge in [0.05, 0.1) is 24.3 Å². The molecule has 0 unspecified atom stereocenters. The molecular formula is C17H24F5NO4Si. The molecule has 0 bridgehead atoms. The second kappa shape index (κ2) is 11.4. The number of hydrogen-bond donors (Lipinski definition) is 0. The van der Waals surface area contributed by atoms with Crippen LogP contribution in [0, 0.1) is 23.3 Å². The zero-order valence-corrected chi connectivity index (χ0v) is 17.5. The molecule has 0 aliphatic rings. The van der Waals surface area contributed by atoms with Gasteiger partial charge in [-0.15, -0.1) is 0 Å². The van der Waals surface area contributed by atoms with Crippen LogP contribution >= 0.6 is 0 Å². The SMILES string of the molecule is CC(C)OC(O[SiH2]CCCN(F)C(=O)c1cc(F)c(F)c(F)c1F)OC(C)C. The molecule has 0 saturated heterocycles.